The zero-order chi connectivity index (χ0) is 17.2. The van der Waals surface area contributed by atoms with Crippen LogP contribution in [0.25, 0.3) is 0 Å². The molecule has 0 unspecified atom stereocenters. The van der Waals surface area contributed by atoms with Gasteiger partial charge in [0.15, 0.2) is 12.4 Å². The molecule has 1 fully saturated rings. The number of nitrogens with one attached hydrogen (secondary N) is 1. The highest BCUT2D eigenvalue weighted by Crippen LogP contribution is 2.37. The quantitative estimate of drug-likeness (QED) is 0.869. The van der Waals surface area contributed by atoms with Crippen LogP contribution in [0, 0.1) is 6.92 Å². The number of hydrogen-bond acceptors (Lipinski definition) is 5. The maximum Gasteiger partial charge on any atom is 0.258 e. The van der Waals surface area contributed by atoms with E-state index in [9.17, 15) is 4.79 Å². The lowest BCUT2D eigenvalue weighted by molar-refractivity contribution is -0.125. The van der Waals surface area contributed by atoms with Crippen molar-refractivity contribution in [3.05, 3.63) is 40.0 Å². The van der Waals surface area contributed by atoms with Crippen molar-refractivity contribution in [2.45, 2.75) is 38.1 Å². The number of rotatable bonds is 5. The standard InChI is InChI=1S/C16H17Cl2N3O3/c1-10-19-15(21-24-10)16(6-2-3-7-16)20-14(22)9-23-13-8-11(17)4-5-12(13)18/h4-5,8H,2-3,6-7,9H2,1H3,(H,20,22). The van der Waals surface area contributed by atoms with E-state index in [1.807, 2.05) is 0 Å². The third-order valence-corrected chi connectivity index (χ3v) is 4.59. The number of halogens is 2. The Morgan fingerprint density at radius 2 is 2.12 bits per heavy atom. The average molecular weight is 370 g/mol. The fraction of sp³-hybridized carbons (Fsp3) is 0.438. The Labute approximate surface area is 149 Å². The molecule has 6 nitrogen and oxygen atoms in total. The van der Waals surface area contributed by atoms with Crippen LogP contribution in [0.4, 0.5) is 0 Å². The second kappa shape index (κ2) is 6.99. The first-order valence-electron chi connectivity index (χ1n) is 7.68. The van der Waals surface area contributed by atoms with Crippen molar-refractivity contribution >= 4 is 29.1 Å². The maximum absolute atomic E-state index is 12.4. The van der Waals surface area contributed by atoms with Gasteiger partial charge in [-0.15, -0.1) is 0 Å². The van der Waals surface area contributed by atoms with E-state index in [1.165, 1.54) is 0 Å². The van der Waals surface area contributed by atoms with Crippen LogP contribution in [0.3, 0.4) is 0 Å². The first-order valence-corrected chi connectivity index (χ1v) is 8.44. The molecule has 1 aliphatic rings. The molecule has 24 heavy (non-hydrogen) atoms. The predicted molar refractivity (Wildman–Crippen MR) is 89.3 cm³/mol. The molecule has 1 amide bonds. The van der Waals surface area contributed by atoms with Crippen molar-refractivity contribution in [2.24, 2.45) is 0 Å². The molecule has 2 aromatic rings. The van der Waals surface area contributed by atoms with Gasteiger partial charge in [0, 0.05) is 18.0 Å². The van der Waals surface area contributed by atoms with Crippen molar-refractivity contribution in [3.8, 4) is 5.75 Å². The summed E-state index contributed by atoms with van der Waals surface area (Å²) >= 11 is 11.9. The molecule has 128 valence electrons. The molecular weight excluding hydrogens is 353 g/mol. The molecule has 0 spiro atoms. The summed E-state index contributed by atoms with van der Waals surface area (Å²) < 4.78 is 10.5. The summed E-state index contributed by atoms with van der Waals surface area (Å²) in [4.78, 5) is 16.6. The van der Waals surface area contributed by atoms with Gasteiger partial charge in [0.1, 0.15) is 11.3 Å². The fourth-order valence-corrected chi connectivity index (χ4v) is 3.24. The molecule has 1 aromatic carbocycles. The Morgan fingerprint density at radius 1 is 1.38 bits per heavy atom. The zero-order valence-corrected chi connectivity index (χ0v) is 14.7. The fourth-order valence-electron chi connectivity index (χ4n) is 2.91. The summed E-state index contributed by atoms with van der Waals surface area (Å²) in [6.45, 7) is 1.56. The molecule has 0 atom stereocenters. The third kappa shape index (κ3) is 3.65. The van der Waals surface area contributed by atoms with E-state index in [0.717, 1.165) is 25.7 Å². The molecule has 0 saturated heterocycles. The second-order valence-electron chi connectivity index (χ2n) is 5.84. The smallest absolute Gasteiger partial charge is 0.258 e. The number of aromatic nitrogens is 2. The van der Waals surface area contributed by atoms with Gasteiger partial charge in [-0.2, -0.15) is 4.98 Å². The first-order chi connectivity index (χ1) is 11.5. The van der Waals surface area contributed by atoms with Gasteiger partial charge in [0.25, 0.3) is 5.91 Å². The van der Waals surface area contributed by atoms with Crippen LogP contribution in [0.15, 0.2) is 22.7 Å². The number of carbonyl (C=O) groups excluding carboxylic acids is 1. The molecule has 3 rings (SSSR count). The minimum Gasteiger partial charge on any atom is -0.482 e. The highest BCUT2D eigenvalue weighted by atomic mass is 35.5. The van der Waals surface area contributed by atoms with Crippen LogP contribution in [-0.2, 0) is 10.3 Å². The molecule has 0 aliphatic heterocycles. The van der Waals surface area contributed by atoms with Gasteiger partial charge in [-0.25, -0.2) is 0 Å². The van der Waals surface area contributed by atoms with E-state index >= 15 is 0 Å². The minimum absolute atomic E-state index is 0.168. The number of amides is 1. The van der Waals surface area contributed by atoms with Gasteiger partial charge in [0.2, 0.25) is 5.89 Å². The predicted octanol–water partition coefficient (Wildman–Crippen LogP) is 3.65. The third-order valence-electron chi connectivity index (χ3n) is 4.04. The Bertz CT molecular complexity index is 742. The Hall–Kier alpha value is -1.79. The molecule has 1 aromatic heterocycles. The maximum atomic E-state index is 12.4. The lowest BCUT2D eigenvalue weighted by Crippen LogP contribution is -2.46. The van der Waals surface area contributed by atoms with Crippen molar-refractivity contribution in [1.82, 2.24) is 15.5 Å². The first kappa shape index (κ1) is 17.0. The topological polar surface area (TPSA) is 77.2 Å². The van der Waals surface area contributed by atoms with Gasteiger partial charge in [0.05, 0.1) is 5.02 Å². The lowest BCUT2D eigenvalue weighted by atomic mass is 9.96. The molecule has 0 radical (unpaired) electrons. The molecule has 0 bridgehead atoms. The number of ether oxygens (including phenoxy) is 1. The highest BCUT2D eigenvalue weighted by molar-refractivity contribution is 6.34. The summed E-state index contributed by atoms with van der Waals surface area (Å²) in [5.41, 5.74) is -0.587. The summed E-state index contributed by atoms with van der Waals surface area (Å²) in [6.07, 6.45) is 3.54. The SMILES string of the molecule is Cc1nc(C2(NC(=O)COc3cc(Cl)ccc3Cl)CCCC2)no1. The van der Waals surface area contributed by atoms with Crippen LogP contribution in [0.5, 0.6) is 5.75 Å². The normalized spacial score (nSPS) is 16.1. The largest absolute Gasteiger partial charge is 0.482 e. The summed E-state index contributed by atoms with van der Waals surface area (Å²) in [5.74, 6) is 1.10. The van der Waals surface area contributed by atoms with Gasteiger partial charge < -0.3 is 14.6 Å². The summed E-state index contributed by atoms with van der Waals surface area (Å²) in [7, 11) is 0. The van der Waals surface area contributed by atoms with Crippen molar-refractivity contribution in [1.29, 1.82) is 0 Å². The molecule has 1 aliphatic carbocycles. The van der Waals surface area contributed by atoms with Gasteiger partial charge in [-0.3, -0.25) is 4.79 Å². The highest BCUT2D eigenvalue weighted by Gasteiger charge is 2.41. The van der Waals surface area contributed by atoms with Crippen molar-refractivity contribution < 1.29 is 14.1 Å². The Kier molecular flexibility index (Phi) is 4.96. The number of benzene rings is 1. The van der Waals surface area contributed by atoms with E-state index in [-0.39, 0.29) is 12.5 Å². The number of carbonyl (C=O) groups is 1. The van der Waals surface area contributed by atoms with E-state index in [0.29, 0.717) is 27.5 Å². The van der Waals surface area contributed by atoms with Gasteiger partial charge in [-0.1, -0.05) is 41.2 Å². The molecule has 1 heterocycles. The number of aryl methyl sites for hydroxylation is 1. The van der Waals surface area contributed by atoms with Crippen LogP contribution < -0.4 is 10.1 Å². The summed E-state index contributed by atoms with van der Waals surface area (Å²) in [6, 6.07) is 4.85. The van der Waals surface area contributed by atoms with Gasteiger partial charge in [-0.05, 0) is 25.0 Å². The Balaban J connectivity index is 1.67. The molecule has 8 heteroatoms. The monoisotopic (exact) mass is 369 g/mol. The lowest BCUT2D eigenvalue weighted by Gasteiger charge is -2.26. The number of hydrogen-bond donors (Lipinski definition) is 1. The van der Waals surface area contributed by atoms with E-state index < -0.39 is 5.54 Å². The Morgan fingerprint density at radius 3 is 2.79 bits per heavy atom. The summed E-state index contributed by atoms with van der Waals surface area (Å²) in [5, 5.41) is 7.88. The van der Waals surface area contributed by atoms with Gasteiger partial charge >= 0.3 is 0 Å². The van der Waals surface area contributed by atoms with Crippen molar-refractivity contribution in [3.63, 3.8) is 0 Å². The molecular formula is C16H17Cl2N3O3. The average Bonchev–Trinajstić information content (AvgIpc) is 3.18. The second-order valence-corrected chi connectivity index (χ2v) is 6.68. The molecule has 1 saturated carbocycles. The minimum atomic E-state index is -0.587. The zero-order valence-electron chi connectivity index (χ0n) is 13.1. The van der Waals surface area contributed by atoms with Crippen LogP contribution >= 0.6 is 23.2 Å². The molecule has 1 N–H and O–H groups in total. The van der Waals surface area contributed by atoms with E-state index in [2.05, 4.69) is 15.5 Å². The van der Waals surface area contributed by atoms with Crippen LogP contribution in [0.1, 0.15) is 37.4 Å². The van der Waals surface area contributed by atoms with Crippen LogP contribution in [0.2, 0.25) is 10.0 Å². The van der Waals surface area contributed by atoms with Crippen LogP contribution in [-0.4, -0.2) is 22.7 Å². The van der Waals surface area contributed by atoms with Crippen molar-refractivity contribution in [2.75, 3.05) is 6.61 Å². The van der Waals surface area contributed by atoms with E-state index in [1.54, 1.807) is 25.1 Å². The van der Waals surface area contributed by atoms with E-state index in [4.69, 9.17) is 32.5 Å². The number of nitrogens with zero attached hydrogens (tertiary/aromatic N) is 2.